The number of piperidine rings is 1. The van der Waals surface area contributed by atoms with Crippen molar-refractivity contribution in [2.24, 2.45) is 5.92 Å². The normalized spacial score (nSPS) is 16.2. The summed E-state index contributed by atoms with van der Waals surface area (Å²) in [6, 6.07) is 9.31. The van der Waals surface area contributed by atoms with Gasteiger partial charge < -0.3 is 16.0 Å². The molecule has 0 bridgehead atoms. The number of pyridine rings is 1. The van der Waals surface area contributed by atoms with E-state index in [1.807, 2.05) is 12.1 Å². The average molecular weight is 342 g/mol. The summed E-state index contributed by atoms with van der Waals surface area (Å²) in [4.78, 5) is 16.4. The first-order valence-electron chi connectivity index (χ1n) is 8.63. The standard InChI is InChI=1S/C19H23FN4O/c20-17-3-1-15(2-4-17)18(16-7-11-22-12-8-16)24-19(25)23-13-14-5-9-21-10-6-14/h1-4,7-8,11-12,14,18,21H,5-6,9-10,13H2,(H2,23,24,25)/t18-/m1/s1. The number of amides is 2. The maximum absolute atomic E-state index is 13.2. The first-order valence-corrected chi connectivity index (χ1v) is 8.63. The van der Waals surface area contributed by atoms with E-state index >= 15 is 0 Å². The molecule has 2 heterocycles. The predicted octanol–water partition coefficient (Wildman–Crippen LogP) is 2.61. The SMILES string of the molecule is O=C(NCC1CCNCC1)N[C@@H](c1ccncc1)c1ccc(F)cc1. The highest BCUT2D eigenvalue weighted by atomic mass is 19.1. The Morgan fingerprint density at radius 2 is 1.76 bits per heavy atom. The largest absolute Gasteiger partial charge is 0.338 e. The maximum atomic E-state index is 13.2. The Morgan fingerprint density at radius 1 is 1.12 bits per heavy atom. The summed E-state index contributed by atoms with van der Waals surface area (Å²) in [6.07, 6.45) is 5.51. The number of hydrogen-bond acceptors (Lipinski definition) is 3. The van der Waals surface area contributed by atoms with Crippen LogP contribution in [0.25, 0.3) is 0 Å². The van der Waals surface area contributed by atoms with Crippen LogP contribution in [-0.2, 0) is 0 Å². The minimum absolute atomic E-state index is 0.218. The van der Waals surface area contributed by atoms with Gasteiger partial charge in [0.15, 0.2) is 0 Å². The van der Waals surface area contributed by atoms with E-state index in [4.69, 9.17) is 0 Å². The molecule has 25 heavy (non-hydrogen) atoms. The predicted molar refractivity (Wildman–Crippen MR) is 94.6 cm³/mol. The summed E-state index contributed by atoms with van der Waals surface area (Å²) in [7, 11) is 0. The smallest absolute Gasteiger partial charge is 0.315 e. The Hall–Kier alpha value is -2.47. The number of carbonyl (C=O) groups is 1. The zero-order chi connectivity index (χ0) is 17.5. The van der Waals surface area contributed by atoms with Gasteiger partial charge in [-0.2, -0.15) is 0 Å². The highest BCUT2D eigenvalue weighted by Gasteiger charge is 2.18. The zero-order valence-corrected chi connectivity index (χ0v) is 14.0. The second-order valence-corrected chi connectivity index (χ2v) is 6.31. The fraction of sp³-hybridized carbons (Fsp3) is 0.368. The summed E-state index contributed by atoms with van der Waals surface area (Å²) in [5.74, 6) is 0.213. The van der Waals surface area contributed by atoms with Crippen LogP contribution in [0.4, 0.5) is 9.18 Å². The van der Waals surface area contributed by atoms with Gasteiger partial charge in [-0.3, -0.25) is 4.98 Å². The number of aromatic nitrogens is 1. The van der Waals surface area contributed by atoms with Crippen molar-refractivity contribution in [3.63, 3.8) is 0 Å². The Balaban J connectivity index is 1.66. The third-order valence-electron chi connectivity index (χ3n) is 4.53. The molecule has 0 radical (unpaired) electrons. The van der Waals surface area contributed by atoms with Crippen LogP contribution in [0.2, 0.25) is 0 Å². The van der Waals surface area contributed by atoms with Crippen LogP contribution in [0.3, 0.4) is 0 Å². The van der Waals surface area contributed by atoms with Gasteiger partial charge in [0.25, 0.3) is 0 Å². The minimum atomic E-state index is -0.350. The quantitative estimate of drug-likeness (QED) is 0.782. The van der Waals surface area contributed by atoms with Gasteiger partial charge in [-0.1, -0.05) is 12.1 Å². The number of nitrogens with one attached hydrogen (secondary N) is 3. The summed E-state index contributed by atoms with van der Waals surface area (Å²) in [6.45, 7) is 2.67. The van der Waals surface area contributed by atoms with Crippen molar-refractivity contribution in [2.75, 3.05) is 19.6 Å². The Kier molecular flexibility index (Phi) is 5.95. The van der Waals surface area contributed by atoms with Crippen LogP contribution < -0.4 is 16.0 Å². The molecule has 3 rings (SSSR count). The second kappa shape index (κ2) is 8.58. The van der Waals surface area contributed by atoms with Crippen LogP contribution in [-0.4, -0.2) is 30.6 Å². The number of hydrogen-bond donors (Lipinski definition) is 3. The molecule has 2 aromatic rings. The van der Waals surface area contributed by atoms with Gasteiger partial charge in [-0.25, -0.2) is 9.18 Å². The van der Waals surface area contributed by atoms with E-state index in [2.05, 4.69) is 20.9 Å². The van der Waals surface area contributed by atoms with E-state index in [0.29, 0.717) is 12.5 Å². The van der Waals surface area contributed by atoms with Crippen molar-refractivity contribution < 1.29 is 9.18 Å². The van der Waals surface area contributed by atoms with E-state index in [0.717, 1.165) is 37.1 Å². The van der Waals surface area contributed by atoms with Crippen LogP contribution in [0.15, 0.2) is 48.8 Å². The molecular weight excluding hydrogens is 319 g/mol. The van der Waals surface area contributed by atoms with Gasteiger partial charge in [0.05, 0.1) is 6.04 Å². The Labute approximate surface area is 147 Å². The van der Waals surface area contributed by atoms with Crippen LogP contribution >= 0.6 is 0 Å². The number of urea groups is 1. The molecule has 0 spiro atoms. The van der Waals surface area contributed by atoms with Gasteiger partial charge in [-0.15, -0.1) is 0 Å². The van der Waals surface area contributed by atoms with Crippen molar-refractivity contribution in [1.29, 1.82) is 0 Å². The van der Waals surface area contributed by atoms with E-state index in [9.17, 15) is 9.18 Å². The first kappa shape index (κ1) is 17.4. The zero-order valence-electron chi connectivity index (χ0n) is 14.0. The Morgan fingerprint density at radius 3 is 2.44 bits per heavy atom. The summed E-state index contributed by atoms with van der Waals surface area (Å²) in [5.41, 5.74) is 1.73. The molecule has 0 aliphatic carbocycles. The van der Waals surface area contributed by atoms with Gasteiger partial charge in [0, 0.05) is 18.9 Å². The lowest BCUT2D eigenvalue weighted by molar-refractivity contribution is 0.234. The molecule has 5 nitrogen and oxygen atoms in total. The topological polar surface area (TPSA) is 66.1 Å². The molecule has 1 aromatic carbocycles. The lowest BCUT2D eigenvalue weighted by atomic mass is 9.98. The molecule has 1 aliphatic heterocycles. The van der Waals surface area contributed by atoms with Gasteiger partial charge in [0.1, 0.15) is 5.82 Å². The van der Waals surface area contributed by atoms with Crippen molar-refractivity contribution >= 4 is 6.03 Å². The van der Waals surface area contributed by atoms with E-state index in [-0.39, 0.29) is 17.9 Å². The molecule has 1 aromatic heterocycles. The number of halogens is 1. The van der Waals surface area contributed by atoms with Gasteiger partial charge in [0.2, 0.25) is 0 Å². The summed E-state index contributed by atoms with van der Waals surface area (Å²) < 4.78 is 13.2. The molecule has 1 aliphatic rings. The number of nitrogens with zero attached hydrogens (tertiary/aromatic N) is 1. The molecule has 1 atom stereocenters. The molecule has 132 valence electrons. The fourth-order valence-corrected chi connectivity index (χ4v) is 3.08. The van der Waals surface area contributed by atoms with Crippen molar-refractivity contribution in [3.05, 3.63) is 65.7 Å². The molecule has 6 heteroatoms. The number of carbonyl (C=O) groups excluding carboxylic acids is 1. The summed E-state index contributed by atoms with van der Waals surface area (Å²) >= 11 is 0. The second-order valence-electron chi connectivity index (χ2n) is 6.31. The highest BCUT2D eigenvalue weighted by Crippen LogP contribution is 2.22. The molecule has 1 fully saturated rings. The van der Waals surface area contributed by atoms with Crippen LogP contribution in [0, 0.1) is 11.7 Å². The van der Waals surface area contributed by atoms with E-state index < -0.39 is 0 Å². The lowest BCUT2D eigenvalue weighted by Crippen LogP contribution is -2.42. The van der Waals surface area contributed by atoms with Crippen molar-refractivity contribution in [3.8, 4) is 0 Å². The monoisotopic (exact) mass is 342 g/mol. The van der Waals surface area contributed by atoms with Gasteiger partial charge in [-0.05, 0) is 67.2 Å². The first-order chi connectivity index (χ1) is 12.2. The molecule has 2 amide bonds. The molecule has 3 N–H and O–H groups in total. The molecular formula is C19H23FN4O. The Bertz CT molecular complexity index is 672. The number of benzene rings is 1. The molecule has 0 saturated carbocycles. The van der Waals surface area contributed by atoms with Gasteiger partial charge >= 0.3 is 6.03 Å². The fourth-order valence-electron chi connectivity index (χ4n) is 3.08. The van der Waals surface area contributed by atoms with Crippen LogP contribution in [0.5, 0.6) is 0 Å². The number of rotatable bonds is 5. The lowest BCUT2D eigenvalue weighted by Gasteiger charge is -2.24. The van der Waals surface area contributed by atoms with Crippen molar-refractivity contribution in [1.82, 2.24) is 20.9 Å². The van der Waals surface area contributed by atoms with E-state index in [1.165, 1.54) is 12.1 Å². The average Bonchev–Trinajstić information content (AvgIpc) is 2.67. The van der Waals surface area contributed by atoms with Crippen LogP contribution in [0.1, 0.15) is 30.0 Å². The van der Waals surface area contributed by atoms with Crippen molar-refractivity contribution in [2.45, 2.75) is 18.9 Å². The summed E-state index contributed by atoms with van der Waals surface area (Å²) in [5, 5.41) is 9.28. The third kappa shape index (κ3) is 5.00. The van der Waals surface area contributed by atoms with E-state index in [1.54, 1.807) is 24.5 Å². The third-order valence-corrected chi connectivity index (χ3v) is 4.53. The maximum Gasteiger partial charge on any atom is 0.315 e. The minimum Gasteiger partial charge on any atom is -0.338 e. The molecule has 1 saturated heterocycles. The molecule has 0 unspecified atom stereocenters. The highest BCUT2D eigenvalue weighted by molar-refractivity contribution is 5.75.